The summed E-state index contributed by atoms with van der Waals surface area (Å²) in [7, 11) is -7.05. The quantitative estimate of drug-likeness (QED) is 0.766. The van der Waals surface area contributed by atoms with Crippen molar-refractivity contribution in [2.24, 2.45) is 5.92 Å². The molecule has 1 atom stereocenters. The fourth-order valence-electron chi connectivity index (χ4n) is 2.21. The number of hydrogen-bond acceptors (Lipinski definition) is 5. The van der Waals surface area contributed by atoms with E-state index in [0.29, 0.717) is 0 Å². The molecule has 1 fully saturated rings. The number of rotatable bonds is 6. The fourth-order valence-corrected chi connectivity index (χ4v) is 5.05. The topological polar surface area (TPSA) is 104 Å². The van der Waals surface area contributed by atoms with Crippen molar-refractivity contribution in [3.05, 3.63) is 0 Å². The van der Waals surface area contributed by atoms with Crippen molar-refractivity contribution in [3.63, 3.8) is 0 Å². The summed E-state index contributed by atoms with van der Waals surface area (Å²) in [6, 6.07) is 1.24. The highest BCUT2D eigenvalue weighted by molar-refractivity contribution is 7.93. The second-order valence-corrected chi connectivity index (χ2v) is 9.20. The number of hydrogen-bond donors (Lipinski definition) is 1. The zero-order valence-corrected chi connectivity index (χ0v) is 12.6. The van der Waals surface area contributed by atoms with E-state index in [9.17, 15) is 16.8 Å². The largest absolute Gasteiger partial charge is 0.229 e. The van der Waals surface area contributed by atoms with Crippen LogP contribution in [0, 0.1) is 17.2 Å². The fraction of sp³-hybridized carbons (Fsp3) is 0.909. The van der Waals surface area contributed by atoms with Gasteiger partial charge in [-0.25, -0.2) is 16.8 Å². The molecule has 1 aliphatic rings. The first kappa shape index (κ1) is 16.4. The van der Waals surface area contributed by atoms with Gasteiger partial charge < -0.3 is 0 Å². The van der Waals surface area contributed by atoms with Crippen LogP contribution in [0.3, 0.4) is 0 Å². The van der Waals surface area contributed by atoms with Crippen molar-refractivity contribution in [2.75, 3.05) is 17.8 Å². The molecule has 0 aromatic carbocycles. The minimum Gasteiger partial charge on any atom is -0.229 e. The maximum atomic E-state index is 11.8. The third kappa shape index (κ3) is 6.36. The molecular weight excluding hydrogens is 288 g/mol. The number of nitriles is 1. The van der Waals surface area contributed by atoms with Gasteiger partial charge in [0.15, 0.2) is 0 Å². The molecule has 6 nitrogen and oxygen atoms in total. The average Bonchev–Trinajstić information content (AvgIpc) is 2.34. The highest BCUT2D eigenvalue weighted by Crippen LogP contribution is 2.26. The van der Waals surface area contributed by atoms with Crippen LogP contribution in [-0.4, -0.2) is 40.6 Å². The van der Waals surface area contributed by atoms with E-state index in [1.165, 1.54) is 0 Å². The summed E-state index contributed by atoms with van der Waals surface area (Å²) in [6.45, 7) is 0. The van der Waals surface area contributed by atoms with E-state index in [2.05, 4.69) is 4.72 Å². The average molecular weight is 308 g/mol. The summed E-state index contributed by atoms with van der Waals surface area (Å²) < 4.78 is 47.8. The molecule has 1 N–H and O–H groups in total. The lowest BCUT2D eigenvalue weighted by Crippen LogP contribution is -2.42. The highest BCUT2D eigenvalue weighted by atomic mass is 32.2. The van der Waals surface area contributed by atoms with Gasteiger partial charge in [0.1, 0.15) is 15.9 Å². The van der Waals surface area contributed by atoms with E-state index >= 15 is 0 Å². The van der Waals surface area contributed by atoms with Crippen molar-refractivity contribution in [1.82, 2.24) is 4.72 Å². The van der Waals surface area contributed by atoms with E-state index in [-0.39, 0.29) is 5.92 Å². The molecule has 1 rings (SSSR count). The van der Waals surface area contributed by atoms with Gasteiger partial charge in [-0.1, -0.05) is 19.3 Å². The smallest absolute Gasteiger partial charge is 0.213 e. The van der Waals surface area contributed by atoms with Gasteiger partial charge in [0.25, 0.3) is 0 Å². The molecule has 0 aromatic rings. The molecule has 8 heteroatoms. The monoisotopic (exact) mass is 308 g/mol. The second kappa shape index (κ2) is 6.68. The van der Waals surface area contributed by atoms with E-state index in [4.69, 9.17) is 5.26 Å². The zero-order chi connectivity index (χ0) is 14.5. The van der Waals surface area contributed by atoms with E-state index < -0.39 is 37.4 Å². The van der Waals surface area contributed by atoms with Crippen LogP contribution in [0.4, 0.5) is 0 Å². The first-order valence-electron chi connectivity index (χ1n) is 6.31. The molecule has 0 aliphatic heterocycles. The molecule has 110 valence electrons. The molecule has 0 radical (unpaired) electrons. The van der Waals surface area contributed by atoms with Crippen molar-refractivity contribution in [1.29, 1.82) is 5.26 Å². The summed E-state index contributed by atoms with van der Waals surface area (Å²) in [6.07, 6.45) is 5.81. The van der Waals surface area contributed by atoms with Gasteiger partial charge in [0.2, 0.25) is 10.0 Å². The summed E-state index contributed by atoms with van der Waals surface area (Å²) >= 11 is 0. The van der Waals surface area contributed by atoms with Crippen LogP contribution in [0.25, 0.3) is 0 Å². The Labute approximate surface area is 115 Å². The number of nitrogens with one attached hydrogen (secondary N) is 1. The Morgan fingerprint density at radius 3 is 2.21 bits per heavy atom. The van der Waals surface area contributed by atoms with Crippen molar-refractivity contribution >= 4 is 19.9 Å². The minimum absolute atomic E-state index is 0.0340. The van der Waals surface area contributed by atoms with Crippen LogP contribution in [0.5, 0.6) is 0 Å². The SMILES string of the molecule is CS(=O)(=O)CCS(=O)(=O)NC(C#N)C1CCCCC1. The van der Waals surface area contributed by atoms with Crippen LogP contribution in [0.2, 0.25) is 0 Å². The highest BCUT2D eigenvalue weighted by Gasteiger charge is 2.27. The summed E-state index contributed by atoms with van der Waals surface area (Å²) in [5, 5.41) is 9.07. The number of sulfone groups is 1. The van der Waals surface area contributed by atoms with Crippen molar-refractivity contribution in [2.45, 2.75) is 38.1 Å². The molecule has 0 heterocycles. The Kier molecular flexibility index (Phi) is 5.77. The Balaban J connectivity index is 2.61. The van der Waals surface area contributed by atoms with Crippen LogP contribution in [0.1, 0.15) is 32.1 Å². The van der Waals surface area contributed by atoms with Crippen molar-refractivity contribution in [3.8, 4) is 6.07 Å². The van der Waals surface area contributed by atoms with Crippen LogP contribution in [-0.2, 0) is 19.9 Å². The van der Waals surface area contributed by atoms with E-state index in [1.54, 1.807) is 0 Å². The summed E-state index contributed by atoms with van der Waals surface area (Å²) in [5.41, 5.74) is 0. The van der Waals surface area contributed by atoms with E-state index in [1.807, 2.05) is 6.07 Å². The minimum atomic E-state index is -3.73. The normalized spacial score (nSPS) is 19.8. The molecule has 0 saturated heterocycles. The first-order valence-corrected chi connectivity index (χ1v) is 10.0. The molecule has 1 unspecified atom stereocenters. The zero-order valence-electron chi connectivity index (χ0n) is 11.0. The predicted molar refractivity (Wildman–Crippen MR) is 72.6 cm³/mol. The summed E-state index contributed by atoms with van der Waals surface area (Å²) in [4.78, 5) is 0. The lowest BCUT2D eigenvalue weighted by Gasteiger charge is -2.26. The van der Waals surface area contributed by atoms with E-state index in [0.717, 1.165) is 38.4 Å². The second-order valence-electron chi connectivity index (χ2n) is 5.07. The predicted octanol–water partition coefficient (Wildman–Crippen LogP) is 0.423. The Morgan fingerprint density at radius 1 is 1.16 bits per heavy atom. The Morgan fingerprint density at radius 2 is 1.74 bits per heavy atom. The molecule has 19 heavy (non-hydrogen) atoms. The van der Waals surface area contributed by atoms with Crippen LogP contribution in [0.15, 0.2) is 0 Å². The molecule has 0 amide bonds. The Bertz CT molecular complexity index is 528. The van der Waals surface area contributed by atoms with Gasteiger partial charge in [0.05, 0.1) is 17.6 Å². The lowest BCUT2D eigenvalue weighted by atomic mass is 9.85. The van der Waals surface area contributed by atoms with Gasteiger partial charge in [-0.2, -0.15) is 9.98 Å². The first-order chi connectivity index (χ1) is 8.73. The maximum absolute atomic E-state index is 11.8. The molecule has 0 aromatic heterocycles. The van der Waals surface area contributed by atoms with Gasteiger partial charge >= 0.3 is 0 Å². The third-order valence-electron chi connectivity index (χ3n) is 3.29. The molecule has 1 saturated carbocycles. The third-order valence-corrected chi connectivity index (χ3v) is 5.85. The van der Waals surface area contributed by atoms with Gasteiger partial charge in [-0.05, 0) is 18.8 Å². The van der Waals surface area contributed by atoms with Crippen molar-refractivity contribution < 1.29 is 16.8 Å². The van der Waals surface area contributed by atoms with Crippen LogP contribution >= 0.6 is 0 Å². The molecular formula is C11H20N2O4S2. The Hall–Kier alpha value is -0.650. The lowest BCUT2D eigenvalue weighted by molar-refractivity contribution is 0.324. The van der Waals surface area contributed by atoms with Gasteiger partial charge in [-0.3, -0.25) is 0 Å². The standard InChI is InChI=1S/C11H20N2O4S2/c1-18(14,15)7-8-19(16,17)13-11(9-12)10-5-3-2-4-6-10/h10-11,13H,2-8H2,1H3. The summed E-state index contributed by atoms with van der Waals surface area (Å²) in [5.74, 6) is -0.881. The van der Waals surface area contributed by atoms with Crippen LogP contribution < -0.4 is 4.72 Å². The maximum Gasteiger partial charge on any atom is 0.213 e. The molecule has 0 bridgehead atoms. The molecule has 0 spiro atoms. The van der Waals surface area contributed by atoms with Gasteiger partial charge in [0, 0.05) is 6.26 Å². The number of nitrogens with zero attached hydrogens (tertiary/aromatic N) is 1. The molecule has 1 aliphatic carbocycles. The number of sulfonamides is 1. The van der Waals surface area contributed by atoms with Gasteiger partial charge in [-0.15, -0.1) is 0 Å².